The molecule has 3 aliphatic carbocycles. The third-order valence-corrected chi connectivity index (χ3v) is 7.09. The van der Waals surface area contributed by atoms with E-state index in [-0.39, 0.29) is 16.1 Å². The van der Waals surface area contributed by atoms with E-state index in [1.54, 1.807) is 0 Å². The highest BCUT2D eigenvalue weighted by Crippen LogP contribution is 2.56. The second kappa shape index (κ2) is 7.02. The van der Waals surface area contributed by atoms with Crippen LogP contribution in [0.2, 0.25) is 5.02 Å². The van der Waals surface area contributed by atoms with Crippen molar-refractivity contribution in [2.24, 2.45) is 17.6 Å². The highest BCUT2D eigenvalue weighted by molar-refractivity contribution is 6.32. The fourth-order valence-corrected chi connectivity index (χ4v) is 5.63. The van der Waals surface area contributed by atoms with Crippen molar-refractivity contribution in [2.45, 2.75) is 24.2 Å². The summed E-state index contributed by atoms with van der Waals surface area (Å²) >= 11 is 6.16. The van der Waals surface area contributed by atoms with Gasteiger partial charge < -0.3 is 41.1 Å². The number of hydroxylamine groups is 3. The van der Waals surface area contributed by atoms with Gasteiger partial charge in [0.15, 0.2) is 11.6 Å². The summed E-state index contributed by atoms with van der Waals surface area (Å²) < 4.78 is -1.38. The molecule has 0 bridgehead atoms. The maximum absolute atomic E-state index is 13.6. The first-order valence-corrected chi connectivity index (χ1v) is 10.3. The Morgan fingerprint density at radius 2 is 1.85 bits per heavy atom. The number of aromatic hydroxyl groups is 1. The molecule has 0 aliphatic heterocycles. The minimum absolute atomic E-state index is 0.0239. The van der Waals surface area contributed by atoms with Crippen LogP contribution >= 0.6 is 11.6 Å². The Morgan fingerprint density at radius 1 is 1.24 bits per heavy atom. The number of aliphatic hydroxyl groups is 4. The van der Waals surface area contributed by atoms with Crippen LogP contribution in [0.15, 0.2) is 29.0 Å². The Bertz CT molecular complexity index is 1200. The smallest absolute Gasteiger partial charge is 0.256 e. The number of nitrogens with two attached hydrogens (primary N) is 1. The van der Waals surface area contributed by atoms with Crippen LogP contribution in [0.3, 0.4) is 0 Å². The van der Waals surface area contributed by atoms with Gasteiger partial charge >= 0.3 is 0 Å². The third kappa shape index (κ3) is 2.87. The molecule has 4 rings (SSSR count). The van der Waals surface area contributed by atoms with Crippen molar-refractivity contribution in [3.05, 3.63) is 50.4 Å². The summed E-state index contributed by atoms with van der Waals surface area (Å²) in [7, 11) is 2.11. The molecule has 0 heterocycles. The molecular weight excluding hydrogens is 460 g/mol. The van der Waals surface area contributed by atoms with E-state index in [2.05, 4.69) is 0 Å². The summed E-state index contributed by atoms with van der Waals surface area (Å²) in [6, 6.07) is 0.663. The van der Waals surface area contributed by atoms with Crippen LogP contribution in [0, 0.1) is 17.0 Å². The molecule has 1 amide bonds. The van der Waals surface area contributed by atoms with Crippen LogP contribution < -0.4 is 5.73 Å². The lowest BCUT2D eigenvalue weighted by Crippen LogP contribution is -2.69. The van der Waals surface area contributed by atoms with E-state index < -0.39 is 86.5 Å². The second-order valence-electron chi connectivity index (χ2n) is 8.94. The standard InChI is InChI=1S/C21H21ClN2O9/c1-24(2,33)14-7-5-6-10(16(27)12-9(25)4-3-8(22)11(12)15(6)26)18(29)21(7,32)19(30)13(17(14)28)20(23)31/h3-4,6-7,14-15,25-27,30,32H,5H2,1-2H3,(H2,23,31)/t6-,7-,14-,15-,21-/m0/s1. The van der Waals surface area contributed by atoms with E-state index in [9.17, 15) is 45.1 Å². The predicted molar refractivity (Wildman–Crippen MR) is 112 cm³/mol. The number of quaternary nitrogens is 1. The topological polar surface area (TPSA) is 201 Å². The Balaban J connectivity index is 2.05. The number of primary amides is 1. The average Bonchev–Trinajstić information content (AvgIpc) is 2.69. The number of likely N-dealkylation sites (N-methyl/N-ethyl adjacent to an activating group) is 1. The number of halogens is 1. The number of benzene rings is 1. The lowest BCUT2D eigenvalue weighted by atomic mass is 9.57. The van der Waals surface area contributed by atoms with E-state index in [1.807, 2.05) is 0 Å². The lowest BCUT2D eigenvalue weighted by Gasteiger charge is -2.54. The lowest BCUT2D eigenvalue weighted by molar-refractivity contribution is -0.862. The van der Waals surface area contributed by atoms with Gasteiger partial charge in [-0.15, -0.1) is 0 Å². The highest BCUT2D eigenvalue weighted by Gasteiger charge is 2.67. The zero-order valence-electron chi connectivity index (χ0n) is 17.4. The van der Waals surface area contributed by atoms with Crippen molar-refractivity contribution >= 4 is 34.8 Å². The van der Waals surface area contributed by atoms with E-state index >= 15 is 0 Å². The van der Waals surface area contributed by atoms with Gasteiger partial charge in [0.2, 0.25) is 11.6 Å². The summed E-state index contributed by atoms with van der Waals surface area (Å²) in [5.41, 5.74) is 0.190. The Hall–Kier alpha value is -2.96. The van der Waals surface area contributed by atoms with E-state index in [1.165, 1.54) is 6.07 Å². The summed E-state index contributed by atoms with van der Waals surface area (Å²) in [5, 5.41) is 67.2. The maximum atomic E-state index is 13.6. The van der Waals surface area contributed by atoms with Crippen molar-refractivity contribution in [3.8, 4) is 5.75 Å². The molecule has 0 radical (unpaired) electrons. The van der Waals surface area contributed by atoms with Crippen molar-refractivity contribution in [1.29, 1.82) is 0 Å². The molecule has 0 aromatic heterocycles. The van der Waals surface area contributed by atoms with E-state index in [4.69, 9.17) is 17.3 Å². The van der Waals surface area contributed by atoms with E-state index in [0.29, 0.717) is 0 Å². The van der Waals surface area contributed by atoms with Gasteiger partial charge in [0, 0.05) is 22.1 Å². The monoisotopic (exact) mass is 480 g/mol. The molecule has 11 nitrogen and oxygen atoms in total. The number of Topliss-reactive ketones (excluding diaryl/α,β-unsaturated/α-hetero) is 2. The first kappa shape index (κ1) is 23.2. The Kier molecular flexibility index (Phi) is 4.94. The number of nitrogens with zero attached hydrogens (tertiary/aromatic N) is 1. The largest absolute Gasteiger partial charge is 0.633 e. The number of ketones is 2. The van der Waals surface area contributed by atoms with Gasteiger partial charge in [-0.3, -0.25) is 14.4 Å². The SMILES string of the molecule is C[N+](C)([O-])[C@@H]1C(=O)C(C(N)=O)=C(O)[C@@]2(O)C(=O)C3=C(O)c4c(O)ccc(Cl)c4[C@@H](O)[C@H]3C[C@@H]12. The number of hydrogen-bond donors (Lipinski definition) is 6. The highest BCUT2D eigenvalue weighted by atomic mass is 35.5. The molecule has 3 aliphatic rings. The molecule has 0 saturated heterocycles. The number of amides is 1. The fourth-order valence-electron chi connectivity index (χ4n) is 5.36. The van der Waals surface area contributed by atoms with Gasteiger partial charge in [-0.1, -0.05) is 11.6 Å². The third-order valence-electron chi connectivity index (χ3n) is 6.76. The van der Waals surface area contributed by atoms with Gasteiger partial charge in [0.1, 0.15) is 22.8 Å². The molecule has 12 heteroatoms. The first-order chi connectivity index (χ1) is 15.2. The zero-order chi connectivity index (χ0) is 24.8. The van der Waals surface area contributed by atoms with E-state index in [0.717, 1.165) is 20.2 Å². The number of rotatable bonds is 2. The van der Waals surface area contributed by atoms with Crippen LogP contribution in [0.1, 0.15) is 23.7 Å². The number of phenols is 1. The molecular formula is C21H21ClN2O9. The van der Waals surface area contributed by atoms with Crippen molar-refractivity contribution < 1.29 is 44.6 Å². The van der Waals surface area contributed by atoms with Gasteiger partial charge in [0.05, 0.1) is 31.7 Å². The van der Waals surface area contributed by atoms with Crippen molar-refractivity contribution in [1.82, 2.24) is 0 Å². The number of fused-ring (bicyclic) bond motifs is 3. The molecule has 33 heavy (non-hydrogen) atoms. The molecule has 1 aromatic rings. The minimum atomic E-state index is -2.96. The Morgan fingerprint density at radius 3 is 2.39 bits per heavy atom. The van der Waals surface area contributed by atoms with Gasteiger partial charge in [-0.25, -0.2) is 0 Å². The summed E-state index contributed by atoms with van der Waals surface area (Å²) in [6.45, 7) is 0. The molecule has 5 atom stereocenters. The normalized spacial score (nSPS) is 31.8. The van der Waals surface area contributed by atoms with Crippen LogP contribution in [-0.2, 0) is 14.4 Å². The predicted octanol–water partition coefficient (Wildman–Crippen LogP) is 0.121. The molecule has 1 aromatic carbocycles. The number of phenolic OH excluding ortho intramolecular Hbond substituents is 1. The number of carbonyl (C=O) groups excluding carboxylic acids is 3. The van der Waals surface area contributed by atoms with Gasteiger partial charge in [-0.2, -0.15) is 0 Å². The second-order valence-corrected chi connectivity index (χ2v) is 9.34. The molecule has 176 valence electrons. The zero-order valence-corrected chi connectivity index (χ0v) is 18.2. The Labute approximate surface area is 191 Å². The number of carbonyl (C=O) groups is 3. The summed E-state index contributed by atoms with van der Waals surface area (Å²) in [4.78, 5) is 38.5. The molecule has 0 spiro atoms. The maximum Gasteiger partial charge on any atom is 0.256 e. The number of hydrogen-bond acceptors (Lipinski definition) is 9. The fraction of sp³-hybridized carbons (Fsp3) is 0.381. The number of aliphatic hydroxyl groups excluding tert-OH is 3. The summed E-state index contributed by atoms with van der Waals surface area (Å²) in [5.74, 6) is -9.40. The van der Waals surface area contributed by atoms with Crippen LogP contribution in [0.25, 0.3) is 5.76 Å². The molecule has 1 fully saturated rings. The van der Waals surface area contributed by atoms with Crippen LogP contribution in [-0.4, -0.2) is 73.4 Å². The van der Waals surface area contributed by atoms with Crippen LogP contribution in [0.5, 0.6) is 5.75 Å². The molecule has 1 saturated carbocycles. The summed E-state index contributed by atoms with van der Waals surface area (Å²) in [6.07, 6.45) is -1.99. The quantitative estimate of drug-likeness (QED) is 0.193. The van der Waals surface area contributed by atoms with Gasteiger partial charge in [0.25, 0.3) is 5.91 Å². The minimum Gasteiger partial charge on any atom is -0.633 e. The van der Waals surface area contributed by atoms with Gasteiger partial charge in [-0.05, 0) is 18.6 Å². The molecule has 7 N–H and O–H groups in total. The molecule has 0 unspecified atom stereocenters. The first-order valence-electron chi connectivity index (χ1n) is 9.88. The average molecular weight is 481 g/mol. The van der Waals surface area contributed by atoms with Crippen LogP contribution in [0.4, 0.5) is 0 Å². The van der Waals surface area contributed by atoms with Crippen molar-refractivity contribution in [3.63, 3.8) is 0 Å². The van der Waals surface area contributed by atoms with Crippen molar-refractivity contribution in [2.75, 3.05) is 14.1 Å².